The number of benzene rings is 1. The first-order valence-corrected chi connectivity index (χ1v) is 10.4. The number of ether oxygens (including phenoxy) is 2. The first-order chi connectivity index (χ1) is 14.7. The third-order valence-corrected chi connectivity index (χ3v) is 5.36. The number of nitrogens with zero attached hydrogens (tertiary/aromatic N) is 1. The largest absolute Gasteiger partial charge is 0.449 e. The van der Waals surface area contributed by atoms with E-state index in [2.05, 4.69) is 5.32 Å². The summed E-state index contributed by atoms with van der Waals surface area (Å²) in [6.07, 6.45) is -3.01. The van der Waals surface area contributed by atoms with Crippen LogP contribution in [0.5, 0.6) is 0 Å². The summed E-state index contributed by atoms with van der Waals surface area (Å²) < 4.78 is 49.9. The molecule has 0 spiro atoms. The Morgan fingerprint density at radius 3 is 2.65 bits per heavy atom. The molecule has 1 amide bonds. The third-order valence-electron chi connectivity index (χ3n) is 4.52. The lowest BCUT2D eigenvalue weighted by Crippen LogP contribution is -2.37. The molecule has 1 aromatic heterocycles. The summed E-state index contributed by atoms with van der Waals surface area (Å²) in [5, 5.41) is 4.32. The zero-order valence-electron chi connectivity index (χ0n) is 16.6. The monoisotopic (exact) mass is 454 g/mol. The molecule has 6 nitrogen and oxygen atoms in total. The molecule has 0 bridgehead atoms. The summed E-state index contributed by atoms with van der Waals surface area (Å²) in [6, 6.07) is 6.82. The Labute approximate surface area is 181 Å². The number of thiophene rings is 1. The maximum Gasteiger partial charge on any atom is 0.416 e. The number of rotatable bonds is 6. The maximum absolute atomic E-state index is 13.2. The summed E-state index contributed by atoms with van der Waals surface area (Å²) in [7, 11) is 0. The molecule has 1 atom stereocenters. The number of hydrogen-bond donors (Lipinski definition) is 1. The fourth-order valence-corrected chi connectivity index (χ4v) is 3.55. The number of esters is 1. The smallest absolute Gasteiger partial charge is 0.416 e. The van der Waals surface area contributed by atoms with Crippen LogP contribution in [0.1, 0.15) is 17.4 Å². The number of anilines is 2. The number of amides is 1. The van der Waals surface area contributed by atoms with E-state index in [9.17, 15) is 22.8 Å². The zero-order valence-corrected chi connectivity index (χ0v) is 17.5. The van der Waals surface area contributed by atoms with Gasteiger partial charge in [-0.05, 0) is 42.6 Å². The van der Waals surface area contributed by atoms with Gasteiger partial charge in [-0.2, -0.15) is 13.2 Å². The molecular formula is C21H21F3N2O4S. The standard InChI is InChI=1S/C21H21F3N2O4S/c1-14(30-19(27)7-5-16-3-2-12-31-16)20(28)25-17-13-15(21(22,23)24)4-6-18(17)26-8-10-29-11-9-26/h2-7,12-14H,8-11H2,1H3,(H,25,28)/b7-5+. The van der Waals surface area contributed by atoms with Crippen LogP contribution >= 0.6 is 11.3 Å². The van der Waals surface area contributed by atoms with Gasteiger partial charge in [-0.25, -0.2) is 4.79 Å². The Bertz CT molecular complexity index is 939. The number of alkyl halides is 3. The first-order valence-electron chi connectivity index (χ1n) is 9.51. The summed E-state index contributed by atoms with van der Waals surface area (Å²) >= 11 is 1.43. The van der Waals surface area contributed by atoms with Gasteiger partial charge in [-0.3, -0.25) is 4.79 Å². The Morgan fingerprint density at radius 2 is 2.00 bits per heavy atom. The van der Waals surface area contributed by atoms with Crippen molar-refractivity contribution in [3.63, 3.8) is 0 Å². The number of carbonyl (C=O) groups excluding carboxylic acids is 2. The van der Waals surface area contributed by atoms with Crippen LogP contribution in [0.3, 0.4) is 0 Å². The normalized spacial score (nSPS) is 15.7. The summed E-state index contributed by atoms with van der Waals surface area (Å²) in [5.41, 5.74) is -0.442. The van der Waals surface area contributed by atoms with Crippen molar-refractivity contribution < 1.29 is 32.2 Å². The second-order valence-electron chi connectivity index (χ2n) is 6.75. The van der Waals surface area contributed by atoms with Crippen molar-refractivity contribution in [2.75, 3.05) is 36.5 Å². The van der Waals surface area contributed by atoms with Crippen molar-refractivity contribution in [1.82, 2.24) is 0 Å². The predicted molar refractivity (Wildman–Crippen MR) is 112 cm³/mol. The van der Waals surface area contributed by atoms with Crippen molar-refractivity contribution in [1.29, 1.82) is 0 Å². The molecule has 2 aromatic rings. The highest BCUT2D eigenvalue weighted by Gasteiger charge is 2.32. The number of hydrogen-bond acceptors (Lipinski definition) is 6. The van der Waals surface area contributed by atoms with E-state index in [4.69, 9.17) is 9.47 Å². The van der Waals surface area contributed by atoms with Crippen molar-refractivity contribution in [3.8, 4) is 0 Å². The maximum atomic E-state index is 13.2. The number of halogens is 3. The summed E-state index contributed by atoms with van der Waals surface area (Å²) in [6.45, 7) is 3.17. The highest BCUT2D eigenvalue weighted by molar-refractivity contribution is 7.10. The van der Waals surface area contributed by atoms with Gasteiger partial charge in [0.15, 0.2) is 6.10 Å². The van der Waals surface area contributed by atoms with E-state index in [0.29, 0.717) is 32.0 Å². The Hall–Kier alpha value is -2.85. The molecule has 1 N–H and O–H groups in total. The van der Waals surface area contributed by atoms with Crippen LogP contribution in [0.15, 0.2) is 41.8 Å². The van der Waals surface area contributed by atoms with Gasteiger partial charge in [-0.15, -0.1) is 11.3 Å². The van der Waals surface area contributed by atoms with E-state index in [1.807, 2.05) is 22.4 Å². The second-order valence-corrected chi connectivity index (χ2v) is 7.73. The zero-order chi connectivity index (χ0) is 22.4. The fraction of sp³-hybridized carbons (Fsp3) is 0.333. The van der Waals surface area contributed by atoms with Crippen LogP contribution in [-0.4, -0.2) is 44.3 Å². The molecule has 1 aliphatic heterocycles. The molecule has 31 heavy (non-hydrogen) atoms. The highest BCUT2D eigenvalue weighted by atomic mass is 32.1. The van der Waals surface area contributed by atoms with Gasteiger partial charge in [0.25, 0.3) is 5.91 Å². The molecule has 1 unspecified atom stereocenters. The highest BCUT2D eigenvalue weighted by Crippen LogP contribution is 2.35. The van der Waals surface area contributed by atoms with E-state index in [1.54, 1.807) is 6.08 Å². The van der Waals surface area contributed by atoms with Crippen LogP contribution in [-0.2, 0) is 25.2 Å². The number of morpholine rings is 1. The molecule has 1 fully saturated rings. The quantitative estimate of drug-likeness (QED) is 0.524. The van der Waals surface area contributed by atoms with Gasteiger partial charge >= 0.3 is 12.1 Å². The van der Waals surface area contributed by atoms with Gasteiger partial charge in [0.1, 0.15) is 0 Å². The molecule has 3 rings (SSSR count). The van der Waals surface area contributed by atoms with E-state index in [-0.39, 0.29) is 5.69 Å². The molecule has 0 saturated carbocycles. The van der Waals surface area contributed by atoms with Crippen molar-refractivity contribution in [3.05, 3.63) is 52.2 Å². The molecule has 1 aromatic carbocycles. The van der Waals surface area contributed by atoms with Crippen molar-refractivity contribution in [2.24, 2.45) is 0 Å². The Morgan fingerprint density at radius 1 is 1.26 bits per heavy atom. The van der Waals surface area contributed by atoms with E-state index < -0.39 is 29.7 Å². The lowest BCUT2D eigenvalue weighted by atomic mass is 10.1. The van der Waals surface area contributed by atoms with Crippen LogP contribution in [0.25, 0.3) is 6.08 Å². The van der Waals surface area contributed by atoms with Crippen molar-refractivity contribution in [2.45, 2.75) is 19.2 Å². The summed E-state index contributed by atoms with van der Waals surface area (Å²) in [4.78, 5) is 27.2. The van der Waals surface area contributed by atoms with Crippen molar-refractivity contribution >= 4 is 40.7 Å². The minimum Gasteiger partial charge on any atom is -0.449 e. The van der Waals surface area contributed by atoms with Crippen LogP contribution < -0.4 is 10.2 Å². The number of nitrogens with one attached hydrogen (secondary N) is 1. The lowest BCUT2D eigenvalue weighted by molar-refractivity contribution is -0.148. The fourth-order valence-electron chi connectivity index (χ4n) is 2.93. The van der Waals surface area contributed by atoms with Crippen LogP contribution in [0, 0.1) is 0 Å². The first kappa shape index (κ1) is 22.8. The molecule has 0 radical (unpaired) electrons. The van der Waals surface area contributed by atoms with Gasteiger partial charge < -0.3 is 19.7 Å². The van der Waals surface area contributed by atoms with E-state index in [0.717, 1.165) is 17.0 Å². The second kappa shape index (κ2) is 9.97. The molecule has 2 heterocycles. The van der Waals surface area contributed by atoms with Crippen LogP contribution in [0.4, 0.5) is 24.5 Å². The molecular weight excluding hydrogens is 433 g/mol. The summed E-state index contributed by atoms with van der Waals surface area (Å²) in [5.74, 6) is -1.46. The molecule has 10 heteroatoms. The average molecular weight is 454 g/mol. The SMILES string of the molecule is CC(OC(=O)/C=C/c1cccs1)C(=O)Nc1cc(C(F)(F)F)ccc1N1CCOCC1. The van der Waals surface area contributed by atoms with Gasteiger partial charge in [0.2, 0.25) is 0 Å². The molecule has 166 valence electrons. The van der Waals surface area contributed by atoms with E-state index >= 15 is 0 Å². The van der Waals surface area contributed by atoms with Gasteiger partial charge in [-0.1, -0.05) is 6.07 Å². The molecule has 1 saturated heterocycles. The molecule has 1 aliphatic rings. The Kier molecular flexibility index (Phi) is 7.34. The van der Waals surface area contributed by atoms with Gasteiger partial charge in [0.05, 0.1) is 30.2 Å². The minimum absolute atomic E-state index is 0.00116. The van der Waals surface area contributed by atoms with Gasteiger partial charge in [0, 0.05) is 24.0 Å². The average Bonchev–Trinajstić information content (AvgIpc) is 3.26. The molecule has 0 aliphatic carbocycles. The third kappa shape index (κ3) is 6.31. The lowest BCUT2D eigenvalue weighted by Gasteiger charge is -2.31. The number of carbonyl (C=O) groups is 2. The predicted octanol–water partition coefficient (Wildman–Crippen LogP) is 4.19. The van der Waals surface area contributed by atoms with Crippen LogP contribution in [0.2, 0.25) is 0 Å². The topological polar surface area (TPSA) is 67.9 Å². The Balaban J connectivity index is 1.72. The van der Waals surface area contributed by atoms with E-state index in [1.165, 1.54) is 30.4 Å². The minimum atomic E-state index is -4.56.